The van der Waals surface area contributed by atoms with Crippen molar-refractivity contribution in [2.75, 3.05) is 13.1 Å². The van der Waals surface area contributed by atoms with E-state index in [9.17, 15) is 4.79 Å². The molecule has 3 rings (SSSR count). The van der Waals surface area contributed by atoms with Gasteiger partial charge in [0.2, 0.25) is 0 Å². The second-order valence-corrected chi connectivity index (χ2v) is 4.98. The maximum atomic E-state index is 11.6. The van der Waals surface area contributed by atoms with E-state index in [4.69, 9.17) is 4.74 Å². The Hall–Kier alpha value is -1.81. The van der Waals surface area contributed by atoms with Crippen molar-refractivity contribution in [3.05, 3.63) is 40.8 Å². The summed E-state index contributed by atoms with van der Waals surface area (Å²) in [6, 6.07) is 7.56. The fourth-order valence-electron chi connectivity index (χ4n) is 2.54. The first-order chi connectivity index (χ1) is 9.33. The van der Waals surface area contributed by atoms with Gasteiger partial charge in [0, 0.05) is 11.6 Å². The number of pyridine rings is 1. The highest BCUT2D eigenvalue weighted by molar-refractivity contribution is 5.82. The van der Waals surface area contributed by atoms with E-state index in [2.05, 4.69) is 10.3 Å². The van der Waals surface area contributed by atoms with Crippen LogP contribution < -0.4 is 15.6 Å². The molecule has 1 atom stereocenters. The van der Waals surface area contributed by atoms with Gasteiger partial charge >= 0.3 is 0 Å². The Bertz CT molecular complexity index is 613. The van der Waals surface area contributed by atoms with E-state index in [0.29, 0.717) is 5.39 Å². The molecule has 4 nitrogen and oxygen atoms in total. The van der Waals surface area contributed by atoms with Crippen molar-refractivity contribution in [2.45, 2.75) is 25.4 Å². The van der Waals surface area contributed by atoms with Crippen LogP contribution in [0.3, 0.4) is 0 Å². The summed E-state index contributed by atoms with van der Waals surface area (Å²) in [6.45, 7) is 2.09. The minimum atomic E-state index is -0.0530. The first-order valence-corrected chi connectivity index (χ1v) is 6.82. The molecule has 4 heteroatoms. The molecular weight excluding hydrogens is 240 g/mol. The fourth-order valence-corrected chi connectivity index (χ4v) is 2.54. The lowest BCUT2D eigenvalue weighted by Crippen LogP contribution is -2.19. The average molecular weight is 258 g/mol. The molecule has 1 aromatic carbocycles. The zero-order chi connectivity index (χ0) is 13.1. The Kier molecular flexibility index (Phi) is 3.51. The van der Waals surface area contributed by atoms with Crippen LogP contribution in [0.4, 0.5) is 0 Å². The topological polar surface area (TPSA) is 54.1 Å². The predicted molar refractivity (Wildman–Crippen MR) is 75.7 cm³/mol. The molecule has 1 aliphatic rings. The lowest BCUT2D eigenvalue weighted by Gasteiger charge is -2.16. The normalized spacial score (nSPS) is 20.1. The van der Waals surface area contributed by atoms with E-state index in [1.54, 1.807) is 6.20 Å². The molecule has 0 spiro atoms. The van der Waals surface area contributed by atoms with E-state index >= 15 is 0 Å². The van der Waals surface area contributed by atoms with E-state index in [0.717, 1.165) is 43.5 Å². The third kappa shape index (κ3) is 2.79. The number of hydrogen-bond acceptors (Lipinski definition) is 3. The van der Waals surface area contributed by atoms with Crippen molar-refractivity contribution in [1.29, 1.82) is 0 Å². The predicted octanol–water partition coefficient (Wildman–Crippen LogP) is 2.05. The van der Waals surface area contributed by atoms with Gasteiger partial charge in [-0.3, -0.25) is 4.79 Å². The lowest BCUT2D eigenvalue weighted by molar-refractivity contribution is 0.188. The van der Waals surface area contributed by atoms with Gasteiger partial charge in [0.15, 0.2) is 0 Å². The zero-order valence-corrected chi connectivity index (χ0v) is 10.8. The van der Waals surface area contributed by atoms with Crippen molar-refractivity contribution < 1.29 is 4.74 Å². The second kappa shape index (κ2) is 5.45. The van der Waals surface area contributed by atoms with Crippen LogP contribution in [0, 0.1) is 0 Å². The maximum Gasteiger partial charge on any atom is 0.255 e. The summed E-state index contributed by atoms with van der Waals surface area (Å²) < 4.78 is 6.03. The van der Waals surface area contributed by atoms with Crippen LogP contribution in [0.25, 0.3) is 10.8 Å². The molecule has 1 saturated heterocycles. The van der Waals surface area contributed by atoms with Crippen LogP contribution in [0.1, 0.15) is 19.3 Å². The molecule has 1 aliphatic heterocycles. The summed E-state index contributed by atoms with van der Waals surface area (Å²) in [4.78, 5) is 14.3. The molecule has 100 valence electrons. The van der Waals surface area contributed by atoms with Gasteiger partial charge in [0.05, 0.1) is 6.10 Å². The Balaban J connectivity index is 1.83. The Morgan fingerprint density at radius 1 is 1.16 bits per heavy atom. The van der Waals surface area contributed by atoms with Gasteiger partial charge in [-0.15, -0.1) is 0 Å². The Morgan fingerprint density at radius 2 is 2.11 bits per heavy atom. The maximum absolute atomic E-state index is 11.6. The highest BCUT2D eigenvalue weighted by atomic mass is 16.5. The molecule has 1 aromatic heterocycles. The average Bonchev–Trinajstić information content (AvgIpc) is 2.68. The quantitative estimate of drug-likeness (QED) is 0.866. The number of rotatable bonds is 2. The van der Waals surface area contributed by atoms with Crippen molar-refractivity contribution in [2.24, 2.45) is 0 Å². The highest BCUT2D eigenvalue weighted by Crippen LogP contribution is 2.21. The van der Waals surface area contributed by atoms with E-state index in [1.807, 2.05) is 24.3 Å². The fraction of sp³-hybridized carbons (Fsp3) is 0.400. The number of hydrogen-bond donors (Lipinski definition) is 2. The molecular formula is C15H18N2O2. The number of fused-ring (bicyclic) bond motifs is 1. The molecule has 1 fully saturated rings. The largest absolute Gasteiger partial charge is 0.490 e. The summed E-state index contributed by atoms with van der Waals surface area (Å²) in [5.41, 5.74) is -0.0530. The van der Waals surface area contributed by atoms with Gasteiger partial charge in [-0.2, -0.15) is 0 Å². The molecule has 2 aromatic rings. The van der Waals surface area contributed by atoms with Gasteiger partial charge in [-0.05, 0) is 62.0 Å². The van der Waals surface area contributed by atoms with Crippen molar-refractivity contribution in [3.63, 3.8) is 0 Å². The number of nitrogens with one attached hydrogen (secondary N) is 2. The monoisotopic (exact) mass is 258 g/mol. The Labute approximate surface area is 111 Å². The van der Waals surface area contributed by atoms with Crippen LogP contribution in [0.5, 0.6) is 5.75 Å². The third-order valence-electron chi connectivity index (χ3n) is 3.57. The van der Waals surface area contributed by atoms with Crippen LogP contribution in [0.2, 0.25) is 0 Å². The molecule has 2 N–H and O–H groups in total. The minimum absolute atomic E-state index is 0.0530. The third-order valence-corrected chi connectivity index (χ3v) is 3.57. The van der Waals surface area contributed by atoms with Gasteiger partial charge in [0.1, 0.15) is 5.75 Å². The zero-order valence-electron chi connectivity index (χ0n) is 10.8. The van der Waals surface area contributed by atoms with Gasteiger partial charge < -0.3 is 15.0 Å². The second-order valence-electron chi connectivity index (χ2n) is 4.98. The summed E-state index contributed by atoms with van der Waals surface area (Å²) in [5.74, 6) is 0.852. The number of ether oxygens (including phenoxy) is 1. The van der Waals surface area contributed by atoms with E-state index < -0.39 is 0 Å². The van der Waals surface area contributed by atoms with Gasteiger partial charge in [-0.1, -0.05) is 0 Å². The number of aromatic nitrogens is 1. The molecule has 0 radical (unpaired) electrons. The SMILES string of the molecule is O=c1[nH]ccc2cc(O[C@H]3CCCNCC3)ccc12. The standard InChI is InChI=1S/C15H18N2O2/c18-15-14-4-3-13(10-11(14)5-9-17-15)19-12-2-1-7-16-8-6-12/h3-5,9-10,12,16H,1-2,6-8H2,(H,17,18)/t12-/m0/s1. The summed E-state index contributed by atoms with van der Waals surface area (Å²) in [5, 5.41) is 5.00. The number of aromatic amines is 1. The molecule has 0 aliphatic carbocycles. The molecule has 19 heavy (non-hydrogen) atoms. The summed E-state index contributed by atoms with van der Waals surface area (Å²) in [7, 11) is 0. The highest BCUT2D eigenvalue weighted by Gasteiger charge is 2.13. The smallest absolute Gasteiger partial charge is 0.255 e. The number of H-pyrrole nitrogens is 1. The van der Waals surface area contributed by atoms with Crippen LogP contribution >= 0.6 is 0 Å². The lowest BCUT2D eigenvalue weighted by atomic mass is 10.1. The van der Waals surface area contributed by atoms with Crippen LogP contribution in [0.15, 0.2) is 35.3 Å². The van der Waals surface area contributed by atoms with Crippen LogP contribution in [-0.2, 0) is 0 Å². The molecule has 0 saturated carbocycles. The van der Waals surface area contributed by atoms with Gasteiger partial charge in [0.25, 0.3) is 5.56 Å². The van der Waals surface area contributed by atoms with E-state index in [-0.39, 0.29) is 11.7 Å². The summed E-state index contributed by atoms with van der Waals surface area (Å²) in [6.07, 6.45) is 5.21. The van der Waals surface area contributed by atoms with Crippen molar-refractivity contribution in [3.8, 4) is 5.75 Å². The minimum Gasteiger partial charge on any atom is -0.490 e. The molecule has 2 heterocycles. The van der Waals surface area contributed by atoms with Crippen molar-refractivity contribution >= 4 is 10.8 Å². The Morgan fingerprint density at radius 3 is 3.05 bits per heavy atom. The van der Waals surface area contributed by atoms with Gasteiger partial charge in [-0.25, -0.2) is 0 Å². The van der Waals surface area contributed by atoms with Crippen LogP contribution in [-0.4, -0.2) is 24.2 Å². The molecule has 0 amide bonds. The molecule has 0 bridgehead atoms. The van der Waals surface area contributed by atoms with Crippen molar-refractivity contribution in [1.82, 2.24) is 10.3 Å². The molecule has 0 unspecified atom stereocenters. The number of benzene rings is 1. The first-order valence-electron chi connectivity index (χ1n) is 6.82. The van der Waals surface area contributed by atoms with E-state index in [1.165, 1.54) is 0 Å². The summed E-state index contributed by atoms with van der Waals surface area (Å²) >= 11 is 0. The first kappa shape index (κ1) is 12.2.